The highest BCUT2D eigenvalue weighted by Crippen LogP contribution is 2.25. The molecular weight excluding hydrogens is 258 g/mol. The topological polar surface area (TPSA) is 68.3 Å². The first-order valence-electron chi connectivity index (χ1n) is 2.78. The molecule has 4 nitrogen and oxygen atoms in total. The van der Waals surface area contributed by atoms with Gasteiger partial charge in [0.25, 0.3) is 9.84 Å². The SMILES string of the molecule is O=C(C(F)(F)F)S(=O)(=O)C(=O)C(F)(F)F. The molecule has 0 spiro atoms. The Morgan fingerprint density at radius 2 is 0.933 bits per heavy atom. The molecule has 0 saturated carbocycles. The van der Waals surface area contributed by atoms with Crippen LogP contribution in [0.3, 0.4) is 0 Å². The average Bonchev–Trinajstić information content (AvgIpc) is 1.98. The minimum absolute atomic E-state index is 3.74. The van der Waals surface area contributed by atoms with Gasteiger partial charge in [-0.05, 0) is 0 Å². The molecule has 0 bridgehead atoms. The molecule has 0 heterocycles. The van der Waals surface area contributed by atoms with Crippen LogP contribution in [0.25, 0.3) is 0 Å². The molecule has 0 fully saturated rings. The Labute approximate surface area is 77.8 Å². The molecule has 0 aromatic carbocycles. The highest BCUT2D eigenvalue weighted by atomic mass is 32.2. The predicted molar refractivity (Wildman–Crippen MR) is 31.0 cm³/mol. The molecule has 0 radical (unpaired) electrons. The Kier molecular flexibility index (Phi) is 3.21. The largest absolute Gasteiger partial charge is 0.466 e. The molecule has 0 aliphatic rings. The van der Waals surface area contributed by atoms with Crippen molar-refractivity contribution >= 4 is 20.1 Å². The van der Waals surface area contributed by atoms with Crippen LogP contribution in [0.1, 0.15) is 0 Å². The van der Waals surface area contributed by atoms with Gasteiger partial charge in [-0.15, -0.1) is 0 Å². The van der Waals surface area contributed by atoms with Gasteiger partial charge in [0.2, 0.25) is 0 Å². The lowest BCUT2D eigenvalue weighted by molar-refractivity contribution is -0.166. The van der Waals surface area contributed by atoms with Crippen molar-refractivity contribution < 1.29 is 44.3 Å². The van der Waals surface area contributed by atoms with Crippen molar-refractivity contribution in [3.8, 4) is 0 Å². The molecule has 11 heteroatoms. The van der Waals surface area contributed by atoms with Gasteiger partial charge in [0.1, 0.15) is 0 Å². The summed E-state index contributed by atoms with van der Waals surface area (Å²) in [5.41, 5.74) is 0. The average molecular weight is 258 g/mol. The van der Waals surface area contributed by atoms with Crippen molar-refractivity contribution in [3.63, 3.8) is 0 Å². The summed E-state index contributed by atoms with van der Waals surface area (Å²) in [5.74, 6) is 0. The van der Waals surface area contributed by atoms with Gasteiger partial charge in [0, 0.05) is 0 Å². The molecule has 0 saturated heterocycles. The quantitative estimate of drug-likeness (QED) is 0.596. The van der Waals surface area contributed by atoms with Crippen molar-refractivity contribution in [3.05, 3.63) is 0 Å². The summed E-state index contributed by atoms with van der Waals surface area (Å²) in [6.45, 7) is 0. The third-order valence-corrected chi connectivity index (χ3v) is 2.39. The fraction of sp³-hybridized carbons (Fsp3) is 0.500. The summed E-state index contributed by atoms with van der Waals surface area (Å²) in [6, 6.07) is 0. The van der Waals surface area contributed by atoms with E-state index in [1.165, 1.54) is 0 Å². The molecule has 0 amide bonds. The van der Waals surface area contributed by atoms with E-state index < -0.39 is 32.4 Å². The van der Waals surface area contributed by atoms with Gasteiger partial charge >= 0.3 is 22.6 Å². The zero-order chi connectivity index (χ0) is 12.7. The normalized spacial score (nSPS) is 13.7. The van der Waals surface area contributed by atoms with Crippen molar-refractivity contribution in [1.82, 2.24) is 0 Å². The zero-order valence-corrected chi connectivity index (χ0v) is 7.13. The molecule has 0 rings (SSSR count). The van der Waals surface area contributed by atoms with Crippen LogP contribution in [-0.4, -0.2) is 31.0 Å². The Bertz CT molecular complexity index is 354. The predicted octanol–water partition coefficient (Wildman–Crippen LogP) is 0.579. The van der Waals surface area contributed by atoms with E-state index in [2.05, 4.69) is 0 Å². The van der Waals surface area contributed by atoms with E-state index in [9.17, 15) is 44.3 Å². The first-order chi connectivity index (χ1) is 6.31. The van der Waals surface area contributed by atoms with Crippen molar-refractivity contribution in [2.24, 2.45) is 0 Å². The van der Waals surface area contributed by atoms with Gasteiger partial charge in [0.15, 0.2) is 0 Å². The number of alkyl halides is 6. The standard InChI is InChI=1S/C4F6O4S/c5-3(6,7)1(11)15(13,14)2(12)4(8,9)10. The maximum Gasteiger partial charge on any atom is 0.466 e. The minimum atomic E-state index is -6.58. The van der Waals surface area contributed by atoms with Crippen LogP contribution in [0.5, 0.6) is 0 Å². The fourth-order valence-corrected chi connectivity index (χ4v) is 1.17. The summed E-state index contributed by atoms with van der Waals surface area (Å²) in [4.78, 5) is 19.9. The molecular formula is C4F6O4S. The molecule has 88 valence electrons. The Morgan fingerprint density at radius 3 is 1.07 bits per heavy atom. The van der Waals surface area contributed by atoms with Crippen LogP contribution in [0.4, 0.5) is 26.3 Å². The lowest BCUT2D eigenvalue weighted by Gasteiger charge is -2.06. The minimum Gasteiger partial charge on any atom is -0.271 e. The number of carbonyl (C=O) groups excluding carboxylic acids is 2. The lowest BCUT2D eigenvalue weighted by atomic mass is 10.7. The highest BCUT2D eigenvalue weighted by Gasteiger charge is 2.58. The molecule has 15 heavy (non-hydrogen) atoms. The molecule has 0 aliphatic heterocycles. The van der Waals surface area contributed by atoms with Crippen LogP contribution < -0.4 is 0 Å². The summed E-state index contributed by atoms with van der Waals surface area (Å²) in [6.07, 6.45) is -12.1. The number of sulfone groups is 1. The molecule has 0 aliphatic carbocycles. The fourth-order valence-electron chi connectivity index (χ4n) is 0.389. The first kappa shape index (κ1) is 13.9. The molecule has 0 atom stereocenters. The summed E-state index contributed by atoms with van der Waals surface area (Å²) in [5, 5.41) is -7.48. The second-order valence-corrected chi connectivity index (χ2v) is 3.82. The van der Waals surface area contributed by atoms with E-state index in [-0.39, 0.29) is 0 Å². The van der Waals surface area contributed by atoms with Crippen LogP contribution >= 0.6 is 0 Å². The number of rotatable bonds is 0. The van der Waals surface area contributed by atoms with Crippen molar-refractivity contribution in [2.45, 2.75) is 12.4 Å². The summed E-state index contributed by atoms with van der Waals surface area (Å²) < 4.78 is 89.0. The molecule has 0 aromatic rings. The van der Waals surface area contributed by atoms with Crippen LogP contribution in [-0.2, 0) is 19.4 Å². The van der Waals surface area contributed by atoms with Crippen molar-refractivity contribution in [2.75, 3.05) is 0 Å². The number of hydrogen-bond acceptors (Lipinski definition) is 4. The Hall–Kier alpha value is -1.13. The van der Waals surface area contributed by atoms with Crippen molar-refractivity contribution in [1.29, 1.82) is 0 Å². The second kappa shape index (κ2) is 3.47. The monoisotopic (exact) mass is 258 g/mol. The number of hydrogen-bond donors (Lipinski definition) is 0. The molecule has 0 aromatic heterocycles. The maximum atomic E-state index is 11.4. The van der Waals surface area contributed by atoms with Gasteiger partial charge in [-0.25, -0.2) is 8.42 Å². The van der Waals surface area contributed by atoms with Gasteiger partial charge in [-0.1, -0.05) is 0 Å². The van der Waals surface area contributed by atoms with E-state index in [1.807, 2.05) is 0 Å². The van der Waals surface area contributed by atoms with Crippen LogP contribution in [0, 0.1) is 0 Å². The highest BCUT2D eigenvalue weighted by molar-refractivity contribution is 8.19. The van der Waals surface area contributed by atoms with E-state index in [0.717, 1.165) is 0 Å². The summed E-state index contributed by atoms with van der Waals surface area (Å²) >= 11 is 0. The van der Waals surface area contributed by atoms with Crippen LogP contribution in [0.15, 0.2) is 0 Å². The molecule has 0 unspecified atom stereocenters. The third-order valence-electron chi connectivity index (χ3n) is 0.951. The number of carbonyl (C=O) groups is 2. The summed E-state index contributed by atoms with van der Waals surface area (Å²) in [7, 11) is -6.58. The van der Waals surface area contributed by atoms with Gasteiger partial charge in [0.05, 0.1) is 0 Å². The lowest BCUT2D eigenvalue weighted by Crippen LogP contribution is -2.41. The first-order valence-corrected chi connectivity index (χ1v) is 4.27. The Morgan fingerprint density at radius 1 is 0.733 bits per heavy atom. The smallest absolute Gasteiger partial charge is 0.271 e. The van der Waals surface area contributed by atoms with Crippen LogP contribution in [0.2, 0.25) is 0 Å². The van der Waals surface area contributed by atoms with E-state index in [0.29, 0.717) is 0 Å². The second-order valence-electron chi connectivity index (χ2n) is 2.07. The number of halogens is 6. The van der Waals surface area contributed by atoms with Gasteiger partial charge < -0.3 is 0 Å². The molecule has 0 N–H and O–H groups in total. The van der Waals surface area contributed by atoms with E-state index >= 15 is 0 Å². The van der Waals surface area contributed by atoms with E-state index in [1.54, 1.807) is 0 Å². The Balaban J connectivity index is 5.40. The van der Waals surface area contributed by atoms with Gasteiger partial charge in [-0.2, -0.15) is 26.3 Å². The van der Waals surface area contributed by atoms with E-state index in [4.69, 9.17) is 0 Å². The maximum absolute atomic E-state index is 11.4. The zero-order valence-electron chi connectivity index (χ0n) is 6.31. The van der Waals surface area contributed by atoms with Gasteiger partial charge in [-0.3, -0.25) is 9.59 Å². The third kappa shape index (κ3) is 2.91.